The number of carbonyl (C=O) groups excluding carboxylic acids is 1. The lowest BCUT2D eigenvalue weighted by Gasteiger charge is -2.30. The van der Waals surface area contributed by atoms with Crippen molar-refractivity contribution in [3.8, 4) is 11.6 Å². The number of piperidine rings is 1. The Kier molecular flexibility index (Phi) is 4.75. The molecule has 2 heterocycles. The molecular weight excluding hydrogens is 264 g/mol. The average molecular weight is 280 g/mol. The van der Waals surface area contributed by atoms with Gasteiger partial charge in [0, 0.05) is 32.0 Å². The first-order chi connectivity index (χ1) is 9.69. The van der Waals surface area contributed by atoms with Crippen molar-refractivity contribution in [2.24, 2.45) is 0 Å². The van der Waals surface area contributed by atoms with Crippen LogP contribution in [0, 0.1) is 0 Å². The van der Waals surface area contributed by atoms with Crippen LogP contribution in [-0.2, 0) is 4.79 Å². The number of hydrogen-bond acceptors (Lipinski definition) is 5. The molecule has 0 radical (unpaired) electrons. The molecule has 1 aliphatic rings. The molecular formula is C13H16N2O5. The minimum atomic E-state index is -0.887. The molecule has 7 nitrogen and oxygen atoms in total. The van der Waals surface area contributed by atoms with E-state index in [9.17, 15) is 9.59 Å². The third-order valence-corrected chi connectivity index (χ3v) is 3.02. The SMILES string of the molecule is O=CCOc1ccc(OC2CCN(C(=O)O)CC2)cn1. The quantitative estimate of drug-likeness (QED) is 0.815. The molecule has 1 aliphatic heterocycles. The maximum absolute atomic E-state index is 10.8. The molecule has 1 aromatic rings. The van der Waals surface area contributed by atoms with Gasteiger partial charge in [0.2, 0.25) is 5.88 Å². The number of aldehydes is 1. The fraction of sp³-hybridized carbons (Fsp3) is 0.462. The van der Waals surface area contributed by atoms with Gasteiger partial charge in [-0.2, -0.15) is 0 Å². The van der Waals surface area contributed by atoms with E-state index >= 15 is 0 Å². The van der Waals surface area contributed by atoms with Crippen molar-refractivity contribution in [3.63, 3.8) is 0 Å². The lowest BCUT2D eigenvalue weighted by Crippen LogP contribution is -2.41. The third-order valence-electron chi connectivity index (χ3n) is 3.02. The van der Waals surface area contributed by atoms with Gasteiger partial charge in [-0.1, -0.05) is 0 Å². The van der Waals surface area contributed by atoms with E-state index in [2.05, 4.69) is 4.98 Å². The van der Waals surface area contributed by atoms with Crippen molar-refractivity contribution < 1.29 is 24.2 Å². The van der Waals surface area contributed by atoms with E-state index in [1.54, 1.807) is 12.1 Å². The molecule has 1 aromatic heterocycles. The van der Waals surface area contributed by atoms with Crippen LogP contribution in [-0.4, -0.2) is 53.2 Å². The van der Waals surface area contributed by atoms with Crippen molar-refractivity contribution in [3.05, 3.63) is 18.3 Å². The maximum Gasteiger partial charge on any atom is 0.407 e. The van der Waals surface area contributed by atoms with E-state index in [1.807, 2.05) is 0 Å². The number of rotatable bonds is 5. The van der Waals surface area contributed by atoms with Gasteiger partial charge in [-0.25, -0.2) is 9.78 Å². The summed E-state index contributed by atoms with van der Waals surface area (Å²) in [4.78, 5) is 26.3. The van der Waals surface area contributed by atoms with Gasteiger partial charge in [-0.3, -0.25) is 4.79 Å². The average Bonchev–Trinajstić information content (AvgIpc) is 2.47. The Morgan fingerprint density at radius 1 is 1.45 bits per heavy atom. The number of likely N-dealkylation sites (tertiary alicyclic amines) is 1. The molecule has 1 N–H and O–H groups in total. The van der Waals surface area contributed by atoms with Gasteiger partial charge in [-0.15, -0.1) is 0 Å². The molecule has 0 atom stereocenters. The van der Waals surface area contributed by atoms with Crippen LogP contribution in [0.3, 0.4) is 0 Å². The number of carboxylic acid groups (broad SMARTS) is 1. The van der Waals surface area contributed by atoms with Gasteiger partial charge in [0.05, 0.1) is 6.20 Å². The largest absolute Gasteiger partial charge is 0.489 e. The molecule has 0 saturated carbocycles. The van der Waals surface area contributed by atoms with Crippen molar-refractivity contribution in [1.82, 2.24) is 9.88 Å². The van der Waals surface area contributed by atoms with Gasteiger partial charge in [0.25, 0.3) is 0 Å². The Hall–Kier alpha value is -2.31. The minimum Gasteiger partial charge on any atom is -0.489 e. The first-order valence-electron chi connectivity index (χ1n) is 6.36. The molecule has 7 heteroatoms. The zero-order chi connectivity index (χ0) is 14.4. The van der Waals surface area contributed by atoms with Crippen LogP contribution in [0.1, 0.15) is 12.8 Å². The molecule has 1 amide bonds. The van der Waals surface area contributed by atoms with Crippen molar-refractivity contribution in [2.45, 2.75) is 18.9 Å². The first-order valence-corrected chi connectivity index (χ1v) is 6.36. The molecule has 108 valence electrons. The molecule has 1 saturated heterocycles. The lowest BCUT2D eigenvalue weighted by atomic mass is 10.1. The van der Waals surface area contributed by atoms with E-state index in [1.165, 1.54) is 11.1 Å². The van der Waals surface area contributed by atoms with Crippen LogP contribution in [0.5, 0.6) is 11.6 Å². The highest BCUT2D eigenvalue weighted by atomic mass is 16.5. The highest BCUT2D eigenvalue weighted by molar-refractivity contribution is 5.65. The summed E-state index contributed by atoms with van der Waals surface area (Å²) < 4.78 is 10.8. The van der Waals surface area contributed by atoms with E-state index in [-0.39, 0.29) is 12.7 Å². The second kappa shape index (κ2) is 6.74. The number of hydrogen-bond donors (Lipinski definition) is 1. The first kappa shape index (κ1) is 14.1. The fourth-order valence-electron chi connectivity index (χ4n) is 2.00. The molecule has 0 spiro atoms. The molecule has 2 rings (SSSR count). The summed E-state index contributed by atoms with van der Waals surface area (Å²) in [5.41, 5.74) is 0. The summed E-state index contributed by atoms with van der Waals surface area (Å²) in [5.74, 6) is 0.974. The fourth-order valence-corrected chi connectivity index (χ4v) is 2.00. The summed E-state index contributed by atoms with van der Waals surface area (Å²) in [6, 6.07) is 3.35. The summed E-state index contributed by atoms with van der Waals surface area (Å²) in [5, 5.41) is 8.85. The standard InChI is InChI=1S/C13H16N2O5/c16-7-8-19-12-2-1-11(9-14-12)20-10-3-5-15(6-4-10)13(17)18/h1-2,7,9-10H,3-6,8H2,(H,17,18). The van der Waals surface area contributed by atoms with Gasteiger partial charge < -0.3 is 19.5 Å². The molecule has 1 fully saturated rings. The van der Waals surface area contributed by atoms with Gasteiger partial charge in [0.1, 0.15) is 18.5 Å². The van der Waals surface area contributed by atoms with E-state index in [0.29, 0.717) is 43.8 Å². The number of ether oxygens (including phenoxy) is 2. The van der Waals surface area contributed by atoms with Gasteiger partial charge in [0.15, 0.2) is 6.29 Å². The maximum atomic E-state index is 10.8. The van der Waals surface area contributed by atoms with Gasteiger partial charge >= 0.3 is 6.09 Å². The van der Waals surface area contributed by atoms with Crippen LogP contribution in [0.15, 0.2) is 18.3 Å². The van der Waals surface area contributed by atoms with Crippen LogP contribution in [0.2, 0.25) is 0 Å². The van der Waals surface area contributed by atoms with Crippen molar-refractivity contribution >= 4 is 12.4 Å². The second-order valence-electron chi connectivity index (χ2n) is 4.40. The van der Waals surface area contributed by atoms with E-state index in [4.69, 9.17) is 14.6 Å². The summed E-state index contributed by atoms with van der Waals surface area (Å²) in [7, 11) is 0. The molecule has 20 heavy (non-hydrogen) atoms. The predicted octanol–water partition coefficient (Wildman–Crippen LogP) is 1.18. The van der Waals surface area contributed by atoms with E-state index < -0.39 is 6.09 Å². The highest BCUT2D eigenvalue weighted by Crippen LogP contribution is 2.20. The number of amides is 1. The van der Waals surface area contributed by atoms with Crippen LogP contribution in [0.4, 0.5) is 4.79 Å². The smallest absolute Gasteiger partial charge is 0.407 e. The Morgan fingerprint density at radius 2 is 2.20 bits per heavy atom. The van der Waals surface area contributed by atoms with Crippen LogP contribution in [0.25, 0.3) is 0 Å². The van der Waals surface area contributed by atoms with Gasteiger partial charge in [-0.05, 0) is 6.07 Å². The monoisotopic (exact) mass is 280 g/mol. The molecule has 0 unspecified atom stereocenters. The number of aromatic nitrogens is 1. The molecule has 0 bridgehead atoms. The summed E-state index contributed by atoms with van der Waals surface area (Å²) in [6.45, 7) is 0.933. The molecule has 0 aromatic carbocycles. The third kappa shape index (κ3) is 3.84. The number of carbonyl (C=O) groups is 2. The zero-order valence-corrected chi connectivity index (χ0v) is 10.9. The van der Waals surface area contributed by atoms with E-state index in [0.717, 1.165) is 0 Å². The van der Waals surface area contributed by atoms with Crippen molar-refractivity contribution in [2.75, 3.05) is 19.7 Å². The molecule has 0 aliphatic carbocycles. The number of nitrogens with zero attached hydrogens (tertiary/aromatic N) is 2. The highest BCUT2D eigenvalue weighted by Gasteiger charge is 2.23. The Balaban J connectivity index is 1.82. The topological polar surface area (TPSA) is 89.0 Å². The predicted molar refractivity (Wildman–Crippen MR) is 69.0 cm³/mol. The normalized spacial score (nSPS) is 15.7. The summed E-state index contributed by atoms with van der Waals surface area (Å²) in [6.07, 6.45) is 2.62. The van der Waals surface area contributed by atoms with Crippen molar-refractivity contribution in [1.29, 1.82) is 0 Å². The van der Waals surface area contributed by atoms with Crippen LogP contribution < -0.4 is 9.47 Å². The summed E-state index contributed by atoms with van der Waals surface area (Å²) >= 11 is 0. The Bertz CT molecular complexity index is 454. The lowest BCUT2D eigenvalue weighted by molar-refractivity contribution is -0.109. The number of pyridine rings is 1. The zero-order valence-electron chi connectivity index (χ0n) is 10.9. The Morgan fingerprint density at radius 3 is 2.75 bits per heavy atom. The minimum absolute atomic E-state index is 0.00542. The Labute approximate surface area is 116 Å². The second-order valence-corrected chi connectivity index (χ2v) is 4.40. The van der Waals surface area contributed by atoms with Crippen LogP contribution >= 0.6 is 0 Å².